The molecule has 7 rings (SSSR count). The molecule has 0 atom stereocenters. The zero-order valence-corrected chi connectivity index (χ0v) is 18.3. The van der Waals surface area contributed by atoms with Crippen LogP contribution in [0.3, 0.4) is 0 Å². The molecule has 164 valence electrons. The Bertz CT molecular complexity index is 1050. The zero-order valence-electron chi connectivity index (χ0n) is 18.3. The highest BCUT2D eigenvalue weighted by molar-refractivity contribution is 6.11. The second-order valence-corrected chi connectivity index (χ2v) is 10.3. The van der Waals surface area contributed by atoms with Crippen molar-refractivity contribution in [1.29, 1.82) is 0 Å². The summed E-state index contributed by atoms with van der Waals surface area (Å²) in [5.74, 6) is 2.17. The van der Waals surface area contributed by atoms with Gasteiger partial charge in [-0.3, -0.25) is 14.5 Å². The van der Waals surface area contributed by atoms with Gasteiger partial charge in [-0.15, -0.1) is 0 Å². The summed E-state index contributed by atoms with van der Waals surface area (Å²) >= 11 is 0. The number of carbonyl (C=O) groups is 2. The molecule has 2 N–H and O–H groups in total. The number of fused-ring (bicyclic) bond motifs is 1. The van der Waals surface area contributed by atoms with Crippen LogP contribution in [-0.4, -0.2) is 28.8 Å². The number of amides is 2. The number of nitrogens with zero attached hydrogens (tertiary/aromatic N) is 1. The minimum Gasteiger partial charge on any atom is -0.378 e. The Morgan fingerprint density at radius 2 is 1.47 bits per heavy atom. The number of hydrogen-bond donors (Lipinski definition) is 2. The maximum atomic E-state index is 13.0. The normalized spacial score (nSPS) is 29.9. The molecule has 2 aromatic carbocycles. The lowest BCUT2D eigenvalue weighted by molar-refractivity contribution is -0.116. The van der Waals surface area contributed by atoms with Crippen LogP contribution in [0.25, 0.3) is 5.70 Å². The third-order valence-corrected chi connectivity index (χ3v) is 7.98. The van der Waals surface area contributed by atoms with E-state index in [-0.39, 0.29) is 23.9 Å². The highest BCUT2D eigenvalue weighted by atomic mass is 16.2. The number of benzene rings is 2. The fourth-order valence-electron chi connectivity index (χ4n) is 7.09. The Kier molecular flexibility index (Phi) is 4.42. The van der Waals surface area contributed by atoms with Gasteiger partial charge >= 0.3 is 0 Å². The van der Waals surface area contributed by atoms with Crippen LogP contribution in [0, 0.1) is 17.8 Å². The van der Waals surface area contributed by atoms with Crippen LogP contribution in [0.1, 0.15) is 54.4 Å². The van der Waals surface area contributed by atoms with Crippen LogP contribution in [0.2, 0.25) is 0 Å². The molecule has 0 aromatic heterocycles. The van der Waals surface area contributed by atoms with Crippen molar-refractivity contribution in [1.82, 2.24) is 4.90 Å². The lowest BCUT2D eigenvalue weighted by Gasteiger charge is -2.57. The fraction of sp³-hybridized carbons (Fsp3) is 0.407. The summed E-state index contributed by atoms with van der Waals surface area (Å²) in [5.41, 5.74) is 3.92. The van der Waals surface area contributed by atoms with Crippen LogP contribution in [0.5, 0.6) is 0 Å². The van der Waals surface area contributed by atoms with E-state index < -0.39 is 0 Å². The standard InChI is InChI=1S/C27H29N3O2/c1-17-21-6-2-3-7-22(21)26(32)30(17)16-25(31)28-23-8-4-5-9-24(23)29-27-13-18-10-19(14-27)12-20(11-18)15-27/h2-9,18-20,29H,1,10-16H2,(H,28,31). The Labute approximate surface area is 188 Å². The molecule has 5 nitrogen and oxygen atoms in total. The number of nitrogens with one attached hydrogen (secondary N) is 2. The third kappa shape index (κ3) is 3.22. The first-order valence-corrected chi connectivity index (χ1v) is 11.8. The largest absolute Gasteiger partial charge is 0.378 e. The van der Waals surface area contributed by atoms with E-state index in [0.29, 0.717) is 11.3 Å². The topological polar surface area (TPSA) is 61.4 Å². The Morgan fingerprint density at radius 1 is 0.906 bits per heavy atom. The zero-order chi connectivity index (χ0) is 21.9. The minimum atomic E-state index is -0.216. The van der Waals surface area contributed by atoms with Crippen molar-refractivity contribution in [3.63, 3.8) is 0 Å². The van der Waals surface area contributed by atoms with E-state index in [1.165, 1.54) is 43.4 Å². The monoisotopic (exact) mass is 427 g/mol. The van der Waals surface area contributed by atoms with Crippen molar-refractivity contribution in [2.24, 2.45) is 17.8 Å². The Hall–Kier alpha value is -3.08. The summed E-state index contributed by atoms with van der Waals surface area (Å²) in [6, 6.07) is 15.3. The van der Waals surface area contributed by atoms with Crippen LogP contribution in [-0.2, 0) is 4.79 Å². The third-order valence-electron chi connectivity index (χ3n) is 7.98. The molecule has 5 aliphatic rings. The maximum absolute atomic E-state index is 13.0. The molecule has 0 radical (unpaired) electrons. The fourth-order valence-corrected chi connectivity index (χ4v) is 7.09. The molecule has 0 unspecified atom stereocenters. The summed E-state index contributed by atoms with van der Waals surface area (Å²) in [6.07, 6.45) is 7.91. The average molecular weight is 428 g/mol. The van der Waals surface area contributed by atoms with Gasteiger partial charge in [-0.25, -0.2) is 0 Å². The summed E-state index contributed by atoms with van der Waals surface area (Å²) < 4.78 is 0. The van der Waals surface area contributed by atoms with Gasteiger partial charge in [0.25, 0.3) is 5.91 Å². The molecule has 1 aliphatic heterocycles. The summed E-state index contributed by atoms with van der Waals surface area (Å²) in [4.78, 5) is 27.2. The highest BCUT2D eigenvalue weighted by Gasteiger charge is 2.51. The smallest absolute Gasteiger partial charge is 0.259 e. The molecule has 1 heterocycles. The molecule has 4 aliphatic carbocycles. The molecule has 4 bridgehead atoms. The van der Waals surface area contributed by atoms with Gasteiger partial charge in [0.1, 0.15) is 6.54 Å². The SMILES string of the molecule is C=C1c2ccccc2C(=O)N1CC(=O)Nc1ccccc1NC12CC3CC(CC(C3)C1)C2. The van der Waals surface area contributed by atoms with Gasteiger partial charge < -0.3 is 10.6 Å². The predicted octanol–water partition coefficient (Wildman–Crippen LogP) is 5.13. The molecule has 4 fully saturated rings. The number of hydrogen-bond acceptors (Lipinski definition) is 3. The van der Waals surface area contributed by atoms with E-state index >= 15 is 0 Å². The lowest BCUT2D eigenvalue weighted by Crippen LogP contribution is -2.54. The first kappa shape index (κ1) is 19.6. The van der Waals surface area contributed by atoms with E-state index in [1.54, 1.807) is 6.07 Å². The van der Waals surface area contributed by atoms with E-state index in [2.05, 4.69) is 23.3 Å². The first-order valence-electron chi connectivity index (χ1n) is 11.8. The van der Waals surface area contributed by atoms with Gasteiger partial charge in [0.15, 0.2) is 0 Å². The predicted molar refractivity (Wildman–Crippen MR) is 126 cm³/mol. The molecule has 0 saturated heterocycles. The van der Waals surface area contributed by atoms with Gasteiger partial charge in [0, 0.05) is 22.4 Å². The van der Waals surface area contributed by atoms with Gasteiger partial charge in [-0.2, -0.15) is 0 Å². The summed E-state index contributed by atoms with van der Waals surface area (Å²) in [6.45, 7) is 4.00. The van der Waals surface area contributed by atoms with Gasteiger partial charge in [-0.1, -0.05) is 36.9 Å². The van der Waals surface area contributed by atoms with Crippen molar-refractivity contribution >= 4 is 28.9 Å². The second kappa shape index (κ2) is 7.22. The number of rotatable bonds is 5. The van der Waals surface area contributed by atoms with Crippen LogP contribution < -0.4 is 10.6 Å². The Balaban J connectivity index is 1.18. The van der Waals surface area contributed by atoms with Crippen molar-refractivity contribution in [2.45, 2.75) is 44.1 Å². The van der Waals surface area contributed by atoms with Crippen molar-refractivity contribution < 1.29 is 9.59 Å². The van der Waals surface area contributed by atoms with Crippen molar-refractivity contribution in [3.8, 4) is 0 Å². The van der Waals surface area contributed by atoms with E-state index in [0.717, 1.165) is 34.7 Å². The van der Waals surface area contributed by atoms with Gasteiger partial charge in [0.2, 0.25) is 5.91 Å². The number of anilines is 2. The first-order chi connectivity index (χ1) is 15.5. The quantitative estimate of drug-likeness (QED) is 0.695. The van der Waals surface area contributed by atoms with E-state index in [1.807, 2.05) is 36.4 Å². The van der Waals surface area contributed by atoms with E-state index in [9.17, 15) is 9.59 Å². The van der Waals surface area contributed by atoms with Crippen LogP contribution in [0.15, 0.2) is 55.1 Å². The van der Waals surface area contributed by atoms with Crippen molar-refractivity contribution in [2.75, 3.05) is 17.2 Å². The summed E-state index contributed by atoms with van der Waals surface area (Å²) in [7, 11) is 0. The van der Waals surface area contributed by atoms with Crippen LogP contribution in [0.4, 0.5) is 11.4 Å². The minimum absolute atomic E-state index is 0.0436. The number of para-hydroxylation sites is 2. The molecule has 32 heavy (non-hydrogen) atoms. The van der Waals surface area contributed by atoms with Crippen molar-refractivity contribution in [3.05, 3.63) is 66.2 Å². The second-order valence-electron chi connectivity index (χ2n) is 10.3. The average Bonchev–Trinajstić information content (AvgIpc) is 2.99. The van der Waals surface area contributed by atoms with Gasteiger partial charge in [0.05, 0.1) is 11.4 Å². The van der Waals surface area contributed by atoms with E-state index in [4.69, 9.17) is 0 Å². The highest BCUT2D eigenvalue weighted by Crippen LogP contribution is 2.56. The van der Waals surface area contributed by atoms with Gasteiger partial charge in [-0.05, 0) is 74.5 Å². The molecular weight excluding hydrogens is 398 g/mol. The lowest BCUT2D eigenvalue weighted by atomic mass is 9.53. The molecular formula is C27H29N3O2. The maximum Gasteiger partial charge on any atom is 0.259 e. The molecule has 2 amide bonds. The number of carbonyl (C=O) groups excluding carboxylic acids is 2. The molecule has 4 saturated carbocycles. The molecule has 2 aromatic rings. The Morgan fingerprint density at radius 3 is 2.09 bits per heavy atom. The summed E-state index contributed by atoms with van der Waals surface area (Å²) in [5, 5.41) is 6.92. The van der Waals surface area contributed by atoms with Crippen LogP contribution >= 0.6 is 0 Å². The molecule has 5 heteroatoms. The molecule has 0 spiro atoms.